The van der Waals surface area contributed by atoms with Gasteiger partial charge in [0.2, 0.25) is 5.91 Å². The number of carbonyl (C=O) groups excluding carboxylic acids is 3. The lowest BCUT2D eigenvalue weighted by Crippen LogP contribution is -2.38. The topological polar surface area (TPSA) is 81.2 Å². The molecule has 0 fully saturated rings. The Morgan fingerprint density at radius 1 is 1.24 bits per heavy atom. The summed E-state index contributed by atoms with van der Waals surface area (Å²) in [6, 6.07) is 5.02. The molecule has 1 N–H and O–H groups in total. The molecule has 0 saturated heterocycles. The fourth-order valence-corrected chi connectivity index (χ4v) is 5.38. The van der Waals surface area contributed by atoms with Gasteiger partial charge in [-0.3, -0.25) is 14.4 Å². The number of phenolic OH excluding ortho intramolecular Hbond substituents is 1. The van der Waals surface area contributed by atoms with Crippen LogP contribution in [0.4, 0.5) is 5.00 Å². The van der Waals surface area contributed by atoms with Crippen LogP contribution >= 0.6 is 11.3 Å². The molecule has 0 radical (unpaired) electrons. The number of amides is 3. The SMILES string of the molecule is CCN1C(=O)CN(C)C(=O)c2c1sc1c2CCN(C(=O)c2ccc(C)cc2O)C1. The number of fused-ring (bicyclic) bond motifs is 3. The van der Waals surface area contributed by atoms with Gasteiger partial charge in [-0.25, -0.2) is 0 Å². The minimum Gasteiger partial charge on any atom is -0.507 e. The lowest BCUT2D eigenvalue weighted by molar-refractivity contribution is -0.118. The molecule has 2 aliphatic heterocycles. The number of anilines is 1. The zero-order valence-electron chi connectivity index (χ0n) is 16.7. The number of carbonyl (C=O) groups is 3. The van der Waals surface area contributed by atoms with Gasteiger partial charge in [0.25, 0.3) is 11.8 Å². The second-order valence-corrected chi connectivity index (χ2v) is 8.56. The lowest BCUT2D eigenvalue weighted by Gasteiger charge is -2.28. The number of hydrogen-bond acceptors (Lipinski definition) is 5. The molecule has 7 nitrogen and oxygen atoms in total. The Balaban J connectivity index is 1.69. The molecule has 2 aliphatic rings. The number of rotatable bonds is 2. The van der Waals surface area contributed by atoms with Gasteiger partial charge in [-0.05, 0) is 43.5 Å². The van der Waals surface area contributed by atoms with Crippen molar-refractivity contribution in [1.29, 1.82) is 0 Å². The van der Waals surface area contributed by atoms with Crippen molar-refractivity contribution in [3.05, 3.63) is 45.3 Å². The Labute approximate surface area is 173 Å². The lowest BCUT2D eigenvalue weighted by atomic mass is 10.0. The van der Waals surface area contributed by atoms with E-state index in [0.29, 0.717) is 36.6 Å². The van der Waals surface area contributed by atoms with E-state index in [4.69, 9.17) is 0 Å². The van der Waals surface area contributed by atoms with Gasteiger partial charge in [-0.1, -0.05) is 6.07 Å². The van der Waals surface area contributed by atoms with E-state index in [1.807, 2.05) is 13.8 Å². The van der Waals surface area contributed by atoms with Crippen LogP contribution in [-0.4, -0.2) is 59.3 Å². The third-order valence-corrected chi connectivity index (χ3v) is 6.74. The van der Waals surface area contributed by atoms with E-state index < -0.39 is 0 Å². The van der Waals surface area contributed by atoms with Gasteiger partial charge in [0, 0.05) is 25.0 Å². The number of thiophene rings is 1. The van der Waals surface area contributed by atoms with E-state index >= 15 is 0 Å². The molecular weight excluding hydrogens is 390 g/mol. The highest BCUT2D eigenvalue weighted by Gasteiger charge is 2.37. The van der Waals surface area contributed by atoms with Crippen LogP contribution < -0.4 is 4.90 Å². The minimum absolute atomic E-state index is 0.0256. The van der Waals surface area contributed by atoms with E-state index in [1.54, 1.807) is 35.0 Å². The summed E-state index contributed by atoms with van der Waals surface area (Å²) in [5.74, 6) is -0.498. The molecule has 8 heteroatoms. The number of aromatic hydroxyl groups is 1. The Morgan fingerprint density at radius 2 is 2.00 bits per heavy atom. The van der Waals surface area contributed by atoms with E-state index in [1.165, 1.54) is 16.2 Å². The Kier molecular flexibility index (Phi) is 4.82. The monoisotopic (exact) mass is 413 g/mol. The predicted octanol–water partition coefficient (Wildman–Crippen LogP) is 2.40. The molecule has 0 atom stereocenters. The maximum Gasteiger partial charge on any atom is 0.257 e. The summed E-state index contributed by atoms with van der Waals surface area (Å²) < 4.78 is 0. The summed E-state index contributed by atoms with van der Waals surface area (Å²) in [5.41, 5.74) is 2.70. The molecule has 3 heterocycles. The largest absolute Gasteiger partial charge is 0.507 e. The van der Waals surface area contributed by atoms with E-state index in [0.717, 1.165) is 16.0 Å². The van der Waals surface area contributed by atoms with Crippen LogP contribution in [0.1, 0.15) is 43.6 Å². The van der Waals surface area contributed by atoms with Crippen molar-refractivity contribution in [2.24, 2.45) is 0 Å². The zero-order valence-corrected chi connectivity index (χ0v) is 17.5. The first kappa shape index (κ1) is 19.4. The Morgan fingerprint density at radius 3 is 2.69 bits per heavy atom. The molecule has 4 rings (SSSR count). The van der Waals surface area contributed by atoms with E-state index in [2.05, 4.69) is 0 Å². The van der Waals surface area contributed by atoms with Gasteiger partial charge in [0.15, 0.2) is 0 Å². The summed E-state index contributed by atoms with van der Waals surface area (Å²) in [7, 11) is 1.64. The minimum atomic E-state index is -0.233. The fourth-order valence-electron chi connectivity index (χ4n) is 3.95. The Bertz CT molecular complexity index is 1030. The summed E-state index contributed by atoms with van der Waals surface area (Å²) in [4.78, 5) is 44.2. The highest BCUT2D eigenvalue weighted by molar-refractivity contribution is 7.17. The van der Waals surface area contributed by atoms with Crippen molar-refractivity contribution in [2.45, 2.75) is 26.8 Å². The van der Waals surface area contributed by atoms with Crippen LogP contribution in [0.2, 0.25) is 0 Å². The number of likely N-dealkylation sites (N-methyl/N-ethyl adjacent to an activating group) is 2. The molecule has 0 aliphatic carbocycles. The quantitative estimate of drug-likeness (QED) is 0.820. The summed E-state index contributed by atoms with van der Waals surface area (Å²) in [6.07, 6.45) is 0.546. The first-order chi connectivity index (χ1) is 13.8. The average molecular weight is 413 g/mol. The summed E-state index contributed by atoms with van der Waals surface area (Å²) in [5, 5.41) is 10.9. The van der Waals surface area contributed by atoms with Gasteiger partial charge in [-0.2, -0.15) is 0 Å². The van der Waals surface area contributed by atoms with Crippen molar-refractivity contribution in [3.63, 3.8) is 0 Å². The highest BCUT2D eigenvalue weighted by Crippen LogP contribution is 2.41. The highest BCUT2D eigenvalue weighted by atomic mass is 32.1. The van der Waals surface area contributed by atoms with Crippen LogP contribution in [0.15, 0.2) is 18.2 Å². The molecule has 152 valence electrons. The number of benzene rings is 1. The Hall–Kier alpha value is -2.87. The first-order valence-electron chi connectivity index (χ1n) is 9.61. The van der Waals surface area contributed by atoms with Gasteiger partial charge in [-0.15, -0.1) is 11.3 Å². The molecule has 0 unspecified atom stereocenters. The number of aryl methyl sites for hydroxylation is 1. The van der Waals surface area contributed by atoms with E-state index in [-0.39, 0.29) is 35.6 Å². The van der Waals surface area contributed by atoms with Gasteiger partial charge in [0.1, 0.15) is 17.3 Å². The van der Waals surface area contributed by atoms with Crippen molar-refractivity contribution in [1.82, 2.24) is 9.80 Å². The van der Waals surface area contributed by atoms with Gasteiger partial charge < -0.3 is 19.8 Å². The smallest absolute Gasteiger partial charge is 0.257 e. The van der Waals surface area contributed by atoms with Crippen molar-refractivity contribution >= 4 is 34.1 Å². The van der Waals surface area contributed by atoms with Crippen molar-refractivity contribution < 1.29 is 19.5 Å². The second kappa shape index (κ2) is 7.18. The molecular formula is C21H23N3O4S. The fraction of sp³-hybridized carbons (Fsp3) is 0.381. The van der Waals surface area contributed by atoms with Gasteiger partial charge in [0.05, 0.1) is 17.7 Å². The molecule has 1 aromatic carbocycles. The number of phenols is 1. The van der Waals surface area contributed by atoms with Crippen LogP contribution in [0, 0.1) is 6.92 Å². The maximum atomic E-state index is 13.0. The molecule has 0 bridgehead atoms. The predicted molar refractivity (Wildman–Crippen MR) is 111 cm³/mol. The summed E-state index contributed by atoms with van der Waals surface area (Å²) >= 11 is 1.42. The molecule has 3 amide bonds. The third kappa shape index (κ3) is 3.17. The zero-order chi connectivity index (χ0) is 20.9. The van der Waals surface area contributed by atoms with E-state index in [9.17, 15) is 19.5 Å². The molecule has 1 aromatic heterocycles. The maximum absolute atomic E-state index is 13.0. The number of nitrogens with zero attached hydrogens (tertiary/aromatic N) is 3. The van der Waals surface area contributed by atoms with Crippen molar-refractivity contribution in [2.75, 3.05) is 31.6 Å². The molecule has 0 spiro atoms. The average Bonchev–Trinajstić information content (AvgIpc) is 3.01. The standard InChI is InChI=1S/C21H23N3O4S/c1-4-24-17(26)11-22(3)20(28)18-14-7-8-23(10-16(14)29-21(18)24)19(27)13-6-5-12(2)9-15(13)25/h5-6,9,25H,4,7-8,10-11H2,1-3H3. The van der Waals surface area contributed by atoms with Crippen LogP contribution in [0.3, 0.4) is 0 Å². The van der Waals surface area contributed by atoms with Crippen LogP contribution in [0.25, 0.3) is 0 Å². The molecule has 0 saturated carbocycles. The second-order valence-electron chi connectivity index (χ2n) is 7.48. The van der Waals surface area contributed by atoms with Crippen LogP contribution in [-0.2, 0) is 17.8 Å². The number of hydrogen-bond donors (Lipinski definition) is 1. The van der Waals surface area contributed by atoms with Gasteiger partial charge >= 0.3 is 0 Å². The van der Waals surface area contributed by atoms with Crippen LogP contribution in [0.5, 0.6) is 5.75 Å². The third-order valence-electron chi connectivity index (χ3n) is 5.50. The summed E-state index contributed by atoms with van der Waals surface area (Å²) in [6.45, 7) is 5.13. The molecule has 2 aromatic rings. The van der Waals surface area contributed by atoms with Crippen molar-refractivity contribution in [3.8, 4) is 5.75 Å². The normalized spacial score (nSPS) is 16.6. The first-order valence-corrected chi connectivity index (χ1v) is 10.4. The molecule has 29 heavy (non-hydrogen) atoms.